The van der Waals surface area contributed by atoms with Crippen LogP contribution in [0, 0.1) is 24.2 Å². The Morgan fingerprint density at radius 1 is 0.679 bits per heavy atom. The Morgan fingerprint density at radius 3 is 1.52 bits per heavy atom. The molecule has 2 N–H and O–H groups in total. The van der Waals surface area contributed by atoms with E-state index in [0.29, 0.717) is 144 Å². The van der Waals surface area contributed by atoms with Crippen molar-refractivity contribution in [2.45, 2.75) is 97.1 Å². The van der Waals surface area contributed by atoms with Crippen LogP contribution in [0.4, 0.5) is 42.8 Å². The molecule has 4 aromatic heterocycles. The molecule has 2 unspecified atom stereocenters. The molecule has 0 bridgehead atoms. The molecule has 4 aliphatic heterocycles. The highest BCUT2D eigenvalue weighted by molar-refractivity contribution is 6.62. The van der Waals surface area contributed by atoms with Gasteiger partial charge in [0.15, 0.2) is 35.5 Å². The number of rotatable bonds is 15. The Balaban J connectivity index is 0.000000194. The van der Waals surface area contributed by atoms with Crippen LogP contribution in [0.1, 0.15) is 94.7 Å². The molecule has 84 heavy (non-hydrogen) atoms. The molecular weight excluding hydrogens is 1130 g/mol. The van der Waals surface area contributed by atoms with Gasteiger partial charge in [-0.25, -0.2) is 19.9 Å². The average Bonchev–Trinajstić information content (AvgIpc) is 4.11. The topological polar surface area (TPSA) is 184 Å². The SMILES string of the molecule is C#Cc1cnc2c(NCCCOC3CCCCO3)nc3cc(C(F)(F)F)ccc3n12.CCN(CC)CC.O=C(C#Cc1cnc2c(NCCCOC3CCCCO3)nc3cc(C(F)(F)F)ccc3n12)N1CCOCC1.O=C(Cl)N1CCOCC1. The molecule has 10 rings (SSSR count). The molecule has 2 atom stereocenters. The molecule has 8 heterocycles. The summed E-state index contributed by atoms with van der Waals surface area (Å²) in [5.74, 6) is 8.34. The number of carbonyl (C=O) groups excluding carboxylic acids is 2. The number of carbonyl (C=O) groups is 2. The Morgan fingerprint density at radius 2 is 1.13 bits per heavy atom. The highest BCUT2D eigenvalue weighted by atomic mass is 35.5. The van der Waals surface area contributed by atoms with Gasteiger partial charge in [0, 0.05) is 58.4 Å². The van der Waals surface area contributed by atoms with Crippen LogP contribution >= 0.6 is 11.6 Å². The van der Waals surface area contributed by atoms with Gasteiger partial charge in [-0.2, -0.15) is 26.3 Å². The van der Waals surface area contributed by atoms with Crippen molar-refractivity contribution in [3.63, 3.8) is 0 Å². The highest BCUT2D eigenvalue weighted by Gasteiger charge is 2.32. The number of alkyl halides is 6. The summed E-state index contributed by atoms with van der Waals surface area (Å²) >= 11 is 5.19. The number of ether oxygens (including phenoxy) is 6. The number of halogens is 7. The molecule has 19 nitrogen and oxygen atoms in total. The smallest absolute Gasteiger partial charge is 0.378 e. The molecule has 4 aliphatic rings. The quantitative estimate of drug-likeness (QED) is 0.0326. The van der Waals surface area contributed by atoms with Gasteiger partial charge in [0.25, 0.3) is 5.91 Å². The van der Waals surface area contributed by atoms with Gasteiger partial charge in [-0.3, -0.25) is 18.4 Å². The van der Waals surface area contributed by atoms with Gasteiger partial charge < -0.3 is 53.8 Å². The lowest BCUT2D eigenvalue weighted by molar-refractivity contribution is -0.162. The molecule has 4 fully saturated rings. The molecule has 2 aromatic carbocycles. The van der Waals surface area contributed by atoms with Crippen molar-refractivity contribution < 1.29 is 64.4 Å². The van der Waals surface area contributed by atoms with Gasteiger partial charge >= 0.3 is 17.7 Å². The summed E-state index contributed by atoms with van der Waals surface area (Å²) in [6.45, 7) is 17.8. The molecule has 0 aliphatic carbocycles. The standard InChI is InChI=1S/C26H28F3N5O4.C21H21F3N4O2.C6H15N.C5H8ClNO2/c27-26(28,29)18-5-7-21-20(16-18)32-24(30-9-3-13-38-23-4-1-2-12-37-23)25-31-17-19(34(21)25)6-8-22(35)33-10-14-36-15-11-33;1-2-15-13-26-20-19(25-9-5-11-30-18-6-3-4-10-29-18)27-16-12-14(21(22,23)24)7-8-17(16)28(15)20;1-4-7(5-2)6-3;6-5(8)7-1-3-9-4-2-7/h5,7,16-17,23H,1-4,9-15H2,(H,30,32);1,7-8,12-13,18H,3-6,9-11H2,(H,25,27);4-6H2,1-3H3;1-4H2. The van der Waals surface area contributed by atoms with E-state index in [4.69, 9.17) is 46.4 Å². The minimum atomic E-state index is -4.51. The number of hydrogen-bond acceptors (Lipinski definition) is 15. The first-order valence-corrected chi connectivity index (χ1v) is 28.7. The average molecular weight is 1200 g/mol. The third kappa shape index (κ3) is 18.5. The van der Waals surface area contributed by atoms with Crippen molar-refractivity contribution in [2.24, 2.45) is 0 Å². The summed E-state index contributed by atoms with van der Waals surface area (Å²) in [5, 5.41) is 5.94. The van der Waals surface area contributed by atoms with Gasteiger partial charge in [-0.05, 0) is 125 Å². The molecule has 2 amide bonds. The van der Waals surface area contributed by atoms with Crippen LogP contribution in [-0.4, -0.2) is 179 Å². The third-order valence-electron chi connectivity index (χ3n) is 14.0. The minimum Gasteiger partial charge on any atom is -0.378 e. The lowest BCUT2D eigenvalue weighted by atomic mass is 10.2. The summed E-state index contributed by atoms with van der Waals surface area (Å²) in [6.07, 6.45) is 6.57. The molecule has 26 heteroatoms. The van der Waals surface area contributed by atoms with Crippen LogP contribution < -0.4 is 10.6 Å². The number of anilines is 2. The fourth-order valence-electron chi connectivity index (χ4n) is 9.30. The molecule has 4 saturated heterocycles. The van der Waals surface area contributed by atoms with Gasteiger partial charge in [0.05, 0.1) is 85.2 Å². The van der Waals surface area contributed by atoms with Crippen molar-refractivity contribution >= 4 is 67.9 Å². The van der Waals surface area contributed by atoms with E-state index in [1.54, 1.807) is 18.6 Å². The van der Waals surface area contributed by atoms with Gasteiger partial charge in [-0.1, -0.05) is 26.7 Å². The number of fused-ring (bicyclic) bond motifs is 6. The van der Waals surface area contributed by atoms with Gasteiger partial charge in [-0.15, -0.1) is 6.42 Å². The van der Waals surface area contributed by atoms with E-state index in [0.717, 1.165) is 69.4 Å². The zero-order chi connectivity index (χ0) is 60.1. The van der Waals surface area contributed by atoms with Crippen LogP contribution in [0.25, 0.3) is 33.4 Å². The van der Waals surface area contributed by atoms with Crippen molar-refractivity contribution in [2.75, 3.05) is 122 Å². The van der Waals surface area contributed by atoms with E-state index in [1.807, 2.05) is 0 Å². The normalized spacial score (nSPS) is 17.5. The fourth-order valence-corrected chi connectivity index (χ4v) is 9.47. The Hall–Kier alpha value is -6.55. The van der Waals surface area contributed by atoms with E-state index in [-0.39, 0.29) is 34.9 Å². The summed E-state index contributed by atoms with van der Waals surface area (Å²) < 4.78 is 116. The number of terminal acetylenes is 1. The third-order valence-corrected chi connectivity index (χ3v) is 14.2. The molecule has 0 saturated carbocycles. The fraction of sp³-hybridized carbons (Fsp3) is 0.552. The summed E-state index contributed by atoms with van der Waals surface area (Å²) in [6, 6.07) is 6.74. The van der Waals surface area contributed by atoms with Crippen molar-refractivity contribution in [1.82, 2.24) is 43.4 Å². The first-order chi connectivity index (χ1) is 40.5. The van der Waals surface area contributed by atoms with Gasteiger partial charge in [0.2, 0.25) is 0 Å². The number of benzene rings is 2. The first kappa shape index (κ1) is 65.0. The van der Waals surface area contributed by atoms with E-state index >= 15 is 0 Å². The second-order valence-corrected chi connectivity index (χ2v) is 19.9. The molecule has 6 aromatic rings. The lowest BCUT2D eigenvalue weighted by Crippen LogP contribution is -2.40. The predicted molar refractivity (Wildman–Crippen MR) is 306 cm³/mol. The second kappa shape index (κ2) is 32.1. The first-order valence-electron chi connectivity index (χ1n) is 28.3. The Labute approximate surface area is 489 Å². The predicted octanol–water partition coefficient (Wildman–Crippen LogP) is 9.71. The number of morpholine rings is 2. The Kier molecular flexibility index (Phi) is 24.8. The van der Waals surface area contributed by atoms with Crippen molar-refractivity contribution in [1.29, 1.82) is 0 Å². The second-order valence-electron chi connectivity index (χ2n) is 19.6. The Bertz CT molecular complexity index is 3180. The summed E-state index contributed by atoms with van der Waals surface area (Å²) in [5.41, 5.74) is 1.28. The van der Waals surface area contributed by atoms with Crippen LogP contribution in [0.2, 0.25) is 0 Å². The van der Waals surface area contributed by atoms with E-state index in [1.165, 1.54) is 44.2 Å². The van der Waals surface area contributed by atoms with E-state index < -0.39 is 23.5 Å². The lowest BCUT2D eigenvalue weighted by Gasteiger charge is -2.24. The maximum atomic E-state index is 13.4. The van der Waals surface area contributed by atoms with Crippen molar-refractivity contribution in [3.05, 3.63) is 71.3 Å². The van der Waals surface area contributed by atoms with Crippen LogP contribution in [-0.2, 0) is 45.6 Å². The number of nitrogens with zero attached hydrogens (tertiary/aromatic N) is 9. The number of amides is 2. The largest absolute Gasteiger partial charge is 0.416 e. The number of hydrogen-bond donors (Lipinski definition) is 2. The molecule has 0 spiro atoms. The number of aromatic nitrogens is 6. The summed E-state index contributed by atoms with van der Waals surface area (Å²) in [4.78, 5) is 46.1. The minimum absolute atomic E-state index is 0.127. The monoisotopic (exact) mass is 1200 g/mol. The zero-order valence-electron chi connectivity index (χ0n) is 47.5. The van der Waals surface area contributed by atoms with E-state index in [9.17, 15) is 35.9 Å². The van der Waals surface area contributed by atoms with Crippen molar-refractivity contribution in [3.8, 4) is 24.2 Å². The highest BCUT2D eigenvalue weighted by Crippen LogP contribution is 2.34. The van der Waals surface area contributed by atoms with Crippen LogP contribution in [0.3, 0.4) is 0 Å². The zero-order valence-corrected chi connectivity index (χ0v) is 48.2. The van der Waals surface area contributed by atoms with Crippen LogP contribution in [0.5, 0.6) is 0 Å². The number of nitrogens with one attached hydrogen (secondary N) is 2. The van der Waals surface area contributed by atoms with E-state index in [2.05, 4.69) is 74.0 Å². The molecular formula is C58H72ClF6N11O8. The summed E-state index contributed by atoms with van der Waals surface area (Å²) in [7, 11) is 0. The van der Waals surface area contributed by atoms with Gasteiger partial charge in [0.1, 0.15) is 11.4 Å². The maximum Gasteiger partial charge on any atom is 0.416 e. The maximum absolute atomic E-state index is 13.4. The van der Waals surface area contributed by atoms with Crippen LogP contribution in [0.15, 0.2) is 48.8 Å². The molecule has 0 radical (unpaired) electrons. The number of imidazole rings is 2. The molecule has 456 valence electrons.